The maximum Gasteiger partial charge on any atom is 0.136 e. The molecule has 0 N–H and O–H groups in total. The molecule has 0 aliphatic heterocycles. The van der Waals surface area contributed by atoms with Crippen LogP contribution in [0.4, 0.5) is 0 Å². The first-order chi connectivity index (χ1) is 15.0. The van der Waals surface area contributed by atoms with Crippen LogP contribution in [0, 0.1) is 11.8 Å². The molecular weight excluding hydrogens is 392 g/mol. The molecule has 0 heterocycles. The van der Waals surface area contributed by atoms with Crippen LogP contribution < -0.4 is 0 Å². The molecule has 182 valence electrons. The summed E-state index contributed by atoms with van der Waals surface area (Å²) >= 11 is 0. The lowest BCUT2D eigenvalue weighted by Gasteiger charge is -2.10. The van der Waals surface area contributed by atoms with Crippen LogP contribution in [0.5, 0.6) is 0 Å². The molecule has 2 nitrogen and oxygen atoms in total. The molecule has 2 atom stereocenters. The molecule has 0 bridgehead atoms. The fraction of sp³-hybridized carbons (Fsp3) is 0.667. The largest absolute Gasteiger partial charge is 0.299 e. The van der Waals surface area contributed by atoms with E-state index in [9.17, 15) is 9.59 Å². The van der Waals surface area contributed by atoms with E-state index in [0.717, 1.165) is 51.4 Å². The summed E-state index contributed by atoms with van der Waals surface area (Å²) in [7, 11) is 0. The molecule has 0 spiro atoms. The van der Waals surface area contributed by atoms with E-state index in [2.05, 4.69) is 79.7 Å². The average Bonchev–Trinajstić information content (AvgIpc) is 2.72. The average molecular weight is 443 g/mol. The summed E-state index contributed by atoms with van der Waals surface area (Å²) in [5.41, 5.74) is 5.26. The van der Waals surface area contributed by atoms with Crippen molar-refractivity contribution in [2.24, 2.45) is 11.8 Å². The Kier molecular flexibility index (Phi) is 16.9. The molecule has 0 saturated heterocycles. The van der Waals surface area contributed by atoms with Crippen LogP contribution in [-0.2, 0) is 9.59 Å². The van der Waals surface area contributed by atoms with Gasteiger partial charge in [0.1, 0.15) is 11.6 Å². The maximum absolute atomic E-state index is 12.3. The van der Waals surface area contributed by atoms with Crippen LogP contribution in [0.3, 0.4) is 0 Å². The van der Waals surface area contributed by atoms with E-state index >= 15 is 0 Å². The van der Waals surface area contributed by atoms with Crippen molar-refractivity contribution >= 4 is 11.6 Å². The van der Waals surface area contributed by atoms with E-state index in [4.69, 9.17) is 0 Å². The normalized spacial score (nSPS) is 14.0. The number of carbonyl (C=O) groups excluding carboxylic acids is 2. The Bertz CT molecular complexity index is 620. The van der Waals surface area contributed by atoms with Crippen LogP contribution in [-0.4, -0.2) is 11.6 Å². The summed E-state index contributed by atoms with van der Waals surface area (Å²) < 4.78 is 0. The fourth-order valence-corrected chi connectivity index (χ4v) is 3.56. The summed E-state index contributed by atoms with van der Waals surface area (Å²) in [6, 6.07) is 0. The number of ketones is 2. The van der Waals surface area contributed by atoms with Gasteiger partial charge in [0.25, 0.3) is 0 Å². The van der Waals surface area contributed by atoms with Gasteiger partial charge in [-0.15, -0.1) is 0 Å². The molecule has 32 heavy (non-hydrogen) atoms. The Morgan fingerprint density at radius 2 is 0.875 bits per heavy atom. The summed E-state index contributed by atoms with van der Waals surface area (Å²) in [5, 5.41) is 0. The first-order valence-electron chi connectivity index (χ1n) is 12.7. The molecule has 0 fully saturated rings. The first kappa shape index (κ1) is 30.3. The summed E-state index contributed by atoms with van der Waals surface area (Å²) in [4.78, 5) is 24.6. The third-order valence-corrected chi connectivity index (χ3v) is 6.09. The van der Waals surface area contributed by atoms with Crippen molar-refractivity contribution in [3.63, 3.8) is 0 Å². The molecular formula is C30H50O2. The van der Waals surface area contributed by atoms with Crippen molar-refractivity contribution in [3.8, 4) is 0 Å². The van der Waals surface area contributed by atoms with E-state index in [1.165, 1.54) is 22.3 Å². The van der Waals surface area contributed by atoms with Crippen molar-refractivity contribution in [1.82, 2.24) is 0 Å². The zero-order valence-electron chi connectivity index (χ0n) is 22.4. The van der Waals surface area contributed by atoms with Crippen molar-refractivity contribution in [2.45, 2.75) is 120 Å². The van der Waals surface area contributed by atoms with Crippen LogP contribution in [0.25, 0.3) is 0 Å². The number of hydrogen-bond donors (Lipinski definition) is 0. The van der Waals surface area contributed by atoms with Gasteiger partial charge in [0.05, 0.1) is 0 Å². The Hall–Kier alpha value is -1.70. The molecule has 0 aromatic carbocycles. The Morgan fingerprint density at radius 3 is 1.19 bits per heavy atom. The van der Waals surface area contributed by atoms with Gasteiger partial charge in [0, 0.05) is 24.7 Å². The van der Waals surface area contributed by atoms with Gasteiger partial charge in [0.15, 0.2) is 0 Å². The molecule has 0 radical (unpaired) electrons. The second kappa shape index (κ2) is 17.8. The second-order valence-corrected chi connectivity index (χ2v) is 10.1. The first-order valence-corrected chi connectivity index (χ1v) is 12.7. The predicted molar refractivity (Wildman–Crippen MR) is 141 cm³/mol. The summed E-state index contributed by atoms with van der Waals surface area (Å²) in [5.74, 6) is 1.08. The molecule has 0 saturated carbocycles. The number of carbonyl (C=O) groups is 2. The van der Waals surface area contributed by atoms with E-state index in [-0.39, 0.29) is 11.8 Å². The lowest BCUT2D eigenvalue weighted by atomic mass is 9.95. The van der Waals surface area contributed by atoms with Gasteiger partial charge in [-0.05, 0) is 92.9 Å². The minimum atomic E-state index is 0.154. The Labute approximate surface area is 199 Å². The van der Waals surface area contributed by atoms with E-state index in [0.29, 0.717) is 24.4 Å². The van der Waals surface area contributed by atoms with Gasteiger partial charge in [-0.3, -0.25) is 9.59 Å². The SMILES string of the molecule is CC(C)=CCC[C@H](C)C(=O)CC/C(C)=C/CC/C=C(\C)CCC(=O)[C@@H](C)CCC=C(C)C. The quantitative estimate of drug-likeness (QED) is 0.166. The number of allylic oxidation sites excluding steroid dienone is 8. The monoisotopic (exact) mass is 442 g/mol. The van der Waals surface area contributed by atoms with Crippen LogP contribution >= 0.6 is 0 Å². The third-order valence-electron chi connectivity index (χ3n) is 6.09. The molecule has 0 aromatic rings. The van der Waals surface area contributed by atoms with E-state index < -0.39 is 0 Å². The number of Topliss-reactive ketones (excluding diaryl/α,β-unsaturated/α-hetero) is 2. The van der Waals surface area contributed by atoms with Gasteiger partial charge in [-0.25, -0.2) is 0 Å². The van der Waals surface area contributed by atoms with Crippen molar-refractivity contribution < 1.29 is 9.59 Å². The highest BCUT2D eigenvalue weighted by molar-refractivity contribution is 5.81. The fourth-order valence-electron chi connectivity index (χ4n) is 3.56. The smallest absolute Gasteiger partial charge is 0.136 e. The molecule has 0 aliphatic rings. The lowest BCUT2D eigenvalue weighted by molar-refractivity contribution is -0.123. The highest BCUT2D eigenvalue weighted by Gasteiger charge is 2.12. The van der Waals surface area contributed by atoms with Gasteiger partial charge in [-0.2, -0.15) is 0 Å². The molecule has 0 aromatic heterocycles. The van der Waals surface area contributed by atoms with E-state index in [1.807, 2.05) is 0 Å². The van der Waals surface area contributed by atoms with Crippen LogP contribution in [0.15, 0.2) is 46.6 Å². The molecule has 0 rings (SSSR count). The van der Waals surface area contributed by atoms with E-state index in [1.54, 1.807) is 0 Å². The Balaban J connectivity index is 4.15. The Morgan fingerprint density at radius 1 is 0.531 bits per heavy atom. The molecule has 0 unspecified atom stereocenters. The number of hydrogen-bond acceptors (Lipinski definition) is 2. The van der Waals surface area contributed by atoms with Gasteiger partial charge < -0.3 is 0 Å². The van der Waals surface area contributed by atoms with Crippen molar-refractivity contribution in [1.29, 1.82) is 0 Å². The minimum Gasteiger partial charge on any atom is -0.299 e. The van der Waals surface area contributed by atoms with Crippen molar-refractivity contribution in [2.75, 3.05) is 0 Å². The minimum absolute atomic E-state index is 0.154. The van der Waals surface area contributed by atoms with Gasteiger partial charge >= 0.3 is 0 Å². The maximum atomic E-state index is 12.3. The number of rotatable bonds is 17. The standard InChI is InChI=1S/C30H50O2/c1-23(2)13-11-17-27(7)29(31)21-19-25(5)15-9-10-16-26(6)20-22-30(32)28(8)18-12-14-24(3)4/h13-16,27-28H,9-12,17-22H2,1-8H3/b25-15+,26-16+/t27-,28-/m0/s1. The van der Waals surface area contributed by atoms with Crippen LogP contribution in [0.1, 0.15) is 120 Å². The third kappa shape index (κ3) is 16.9. The molecule has 0 amide bonds. The topological polar surface area (TPSA) is 34.1 Å². The highest BCUT2D eigenvalue weighted by atomic mass is 16.1. The zero-order chi connectivity index (χ0) is 24.5. The second-order valence-electron chi connectivity index (χ2n) is 10.1. The lowest BCUT2D eigenvalue weighted by Crippen LogP contribution is -2.10. The summed E-state index contributed by atoms with van der Waals surface area (Å²) in [6.45, 7) is 16.8. The van der Waals surface area contributed by atoms with Gasteiger partial charge in [0.2, 0.25) is 0 Å². The highest BCUT2D eigenvalue weighted by Crippen LogP contribution is 2.17. The summed E-state index contributed by atoms with van der Waals surface area (Å²) in [6.07, 6.45) is 17.9. The molecule has 0 aliphatic carbocycles. The zero-order valence-corrected chi connectivity index (χ0v) is 22.4. The van der Waals surface area contributed by atoms with Gasteiger partial charge in [-0.1, -0.05) is 60.4 Å². The number of unbranched alkanes of at least 4 members (excludes halogenated alkanes) is 1. The van der Waals surface area contributed by atoms with Crippen LogP contribution in [0.2, 0.25) is 0 Å². The van der Waals surface area contributed by atoms with Crippen molar-refractivity contribution in [3.05, 3.63) is 46.6 Å². The molecule has 2 heteroatoms. The predicted octanol–water partition coefficient (Wildman–Crippen LogP) is 9.12.